The summed E-state index contributed by atoms with van der Waals surface area (Å²) in [5.41, 5.74) is 6.51. The van der Waals surface area contributed by atoms with E-state index >= 15 is 0 Å². The minimum Gasteiger partial charge on any atom is -0.399 e. The van der Waals surface area contributed by atoms with Crippen LogP contribution in [0.15, 0.2) is 23.0 Å². The van der Waals surface area contributed by atoms with Crippen LogP contribution >= 0.6 is 0 Å². The van der Waals surface area contributed by atoms with Gasteiger partial charge in [-0.3, -0.25) is 9.78 Å². The van der Waals surface area contributed by atoms with Crippen LogP contribution in [0.3, 0.4) is 0 Å². The molecule has 96 valence electrons. The number of fused-ring (bicyclic) bond motifs is 1. The van der Waals surface area contributed by atoms with Crippen LogP contribution in [0, 0.1) is 0 Å². The second-order valence-corrected chi connectivity index (χ2v) is 4.26. The molecule has 0 saturated heterocycles. The van der Waals surface area contributed by atoms with Crippen molar-refractivity contribution in [2.75, 3.05) is 17.6 Å². The number of nitrogens with one attached hydrogen (secondary N) is 2. The molecule has 6 heteroatoms. The molecule has 0 bridgehead atoms. The normalized spacial score (nSPS) is 12.6. The Kier molecular flexibility index (Phi) is 3.47. The Bertz CT molecular complexity index is 607. The second kappa shape index (κ2) is 5.05. The topological polar surface area (TPSA) is 104 Å². The molecule has 0 fully saturated rings. The molecule has 1 atom stereocenters. The Morgan fingerprint density at radius 3 is 3.06 bits per heavy atom. The molecule has 0 amide bonds. The van der Waals surface area contributed by atoms with Crippen LogP contribution in [0.2, 0.25) is 0 Å². The summed E-state index contributed by atoms with van der Waals surface area (Å²) in [6.45, 7) is 2.25. The van der Waals surface area contributed by atoms with Gasteiger partial charge in [0.1, 0.15) is 0 Å². The Labute approximate surface area is 104 Å². The maximum absolute atomic E-state index is 11.8. The van der Waals surface area contributed by atoms with Gasteiger partial charge in [-0.05, 0) is 31.5 Å². The van der Waals surface area contributed by atoms with Crippen molar-refractivity contribution in [3.63, 3.8) is 0 Å². The fourth-order valence-electron chi connectivity index (χ4n) is 1.64. The van der Waals surface area contributed by atoms with Crippen molar-refractivity contribution in [3.8, 4) is 0 Å². The first-order valence-electron chi connectivity index (χ1n) is 5.78. The van der Waals surface area contributed by atoms with Crippen LogP contribution in [0.5, 0.6) is 0 Å². The van der Waals surface area contributed by atoms with E-state index in [4.69, 9.17) is 10.8 Å². The number of aromatic amines is 1. The predicted molar refractivity (Wildman–Crippen MR) is 71.6 cm³/mol. The van der Waals surface area contributed by atoms with Crippen LogP contribution in [0.25, 0.3) is 10.9 Å². The van der Waals surface area contributed by atoms with Gasteiger partial charge < -0.3 is 16.2 Å². The summed E-state index contributed by atoms with van der Waals surface area (Å²) in [7, 11) is 0. The number of nitrogens with zero attached hydrogens (tertiary/aromatic N) is 1. The first kappa shape index (κ1) is 12.4. The standard InChI is InChI=1S/C12H16N4O2/c1-7(17)4-5-14-12-15-10-3-2-8(13)6-9(10)11(18)16-12/h2-3,6-7,17H,4-5,13H2,1H3,(H2,14,15,16,18). The average molecular weight is 248 g/mol. The van der Waals surface area contributed by atoms with Crippen molar-refractivity contribution >= 4 is 22.5 Å². The van der Waals surface area contributed by atoms with Gasteiger partial charge in [0.2, 0.25) is 5.95 Å². The molecule has 2 aromatic rings. The lowest BCUT2D eigenvalue weighted by Crippen LogP contribution is -2.16. The number of hydrogen-bond donors (Lipinski definition) is 4. The highest BCUT2D eigenvalue weighted by Gasteiger charge is 2.04. The first-order valence-corrected chi connectivity index (χ1v) is 5.78. The highest BCUT2D eigenvalue weighted by molar-refractivity contribution is 5.81. The average Bonchev–Trinajstić information content (AvgIpc) is 2.30. The fraction of sp³-hybridized carbons (Fsp3) is 0.333. The lowest BCUT2D eigenvalue weighted by Gasteiger charge is -2.07. The van der Waals surface area contributed by atoms with Gasteiger partial charge in [-0.1, -0.05) is 0 Å². The highest BCUT2D eigenvalue weighted by atomic mass is 16.3. The fourth-order valence-corrected chi connectivity index (χ4v) is 1.64. The number of hydrogen-bond acceptors (Lipinski definition) is 5. The minimum absolute atomic E-state index is 0.230. The van der Waals surface area contributed by atoms with Gasteiger partial charge in [-0.15, -0.1) is 0 Å². The molecule has 0 aliphatic carbocycles. The summed E-state index contributed by atoms with van der Waals surface area (Å²) in [5.74, 6) is 0.401. The van der Waals surface area contributed by atoms with Gasteiger partial charge in [0.25, 0.3) is 5.56 Å². The van der Waals surface area contributed by atoms with Crippen molar-refractivity contribution < 1.29 is 5.11 Å². The predicted octanol–water partition coefficient (Wildman–Crippen LogP) is 0.688. The summed E-state index contributed by atoms with van der Waals surface area (Å²) >= 11 is 0. The largest absolute Gasteiger partial charge is 0.399 e. The number of nitrogens with two attached hydrogens (primary N) is 1. The molecule has 0 aliphatic heterocycles. The third kappa shape index (κ3) is 2.78. The zero-order valence-corrected chi connectivity index (χ0v) is 10.1. The number of rotatable bonds is 4. The van der Waals surface area contributed by atoms with Crippen molar-refractivity contribution in [1.82, 2.24) is 9.97 Å². The van der Waals surface area contributed by atoms with Gasteiger partial charge in [0, 0.05) is 12.2 Å². The summed E-state index contributed by atoms with van der Waals surface area (Å²) in [6.07, 6.45) is 0.202. The Morgan fingerprint density at radius 2 is 2.33 bits per heavy atom. The molecule has 5 N–H and O–H groups in total. The molecule has 2 rings (SSSR count). The van der Waals surface area contributed by atoms with Crippen LogP contribution < -0.4 is 16.6 Å². The molecule has 6 nitrogen and oxygen atoms in total. The number of benzene rings is 1. The third-order valence-electron chi connectivity index (χ3n) is 2.58. The molecule has 1 aromatic heterocycles. The van der Waals surface area contributed by atoms with Crippen LogP contribution in [0.1, 0.15) is 13.3 Å². The molecule has 1 aromatic carbocycles. The zero-order chi connectivity index (χ0) is 13.1. The first-order chi connectivity index (χ1) is 8.56. The minimum atomic E-state index is -0.385. The van der Waals surface area contributed by atoms with E-state index in [0.717, 1.165) is 0 Å². The monoisotopic (exact) mass is 248 g/mol. The lowest BCUT2D eigenvalue weighted by atomic mass is 10.2. The van der Waals surface area contributed by atoms with Gasteiger partial charge >= 0.3 is 0 Å². The number of nitrogen functional groups attached to an aromatic ring is 1. The van der Waals surface area contributed by atoms with Gasteiger partial charge in [-0.2, -0.15) is 0 Å². The molecule has 18 heavy (non-hydrogen) atoms. The number of anilines is 2. The highest BCUT2D eigenvalue weighted by Crippen LogP contribution is 2.12. The SMILES string of the molecule is CC(O)CCNc1nc2ccc(N)cc2c(=O)[nH]1. The van der Waals surface area contributed by atoms with Crippen LogP contribution in [-0.2, 0) is 0 Å². The molecule has 1 heterocycles. The third-order valence-corrected chi connectivity index (χ3v) is 2.58. The van der Waals surface area contributed by atoms with E-state index in [1.807, 2.05) is 0 Å². The summed E-state index contributed by atoms with van der Waals surface area (Å²) < 4.78 is 0. The molecule has 0 spiro atoms. The van der Waals surface area contributed by atoms with Crippen LogP contribution in [-0.4, -0.2) is 27.7 Å². The van der Waals surface area contributed by atoms with E-state index in [0.29, 0.717) is 35.5 Å². The smallest absolute Gasteiger partial charge is 0.260 e. The molecule has 1 unspecified atom stereocenters. The quantitative estimate of drug-likeness (QED) is 0.596. The second-order valence-electron chi connectivity index (χ2n) is 4.26. The van der Waals surface area contributed by atoms with E-state index in [1.54, 1.807) is 25.1 Å². The molecular weight excluding hydrogens is 232 g/mol. The Hall–Kier alpha value is -2.08. The number of aliphatic hydroxyl groups excluding tert-OH is 1. The maximum Gasteiger partial charge on any atom is 0.260 e. The van der Waals surface area contributed by atoms with Crippen molar-refractivity contribution in [1.29, 1.82) is 0 Å². The van der Waals surface area contributed by atoms with Crippen molar-refractivity contribution in [2.24, 2.45) is 0 Å². The van der Waals surface area contributed by atoms with E-state index in [-0.39, 0.29) is 11.7 Å². The number of H-pyrrole nitrogens is 1. The van der Waals surface area contributed by atoms with E-state index < -0.39 is 0 Å². The summed E-state index contributed by atoms with van der Waals surface area (Å²) in [5, 5.41) is 12.6. The van der Waals surface area contributed by atoms with Crippen LogP contribution in [0.4, 0.5) is 11.6 Å². The number of aromatic nitrogens is 2. The zero-order valence-electron chi connectivity index (χ0n) is 10.1. The van der Waals surface area contributed by atoms with Crippen molar-refractivity contribution in [2.45, 2.75) is 19.4 Å². The van der Waals surface area contributed by atoms with Crippen molar-refractivity contribution in [3.05, 3.63) is 28.6 Å². The van der Waals surface area contributed by atoms with E-state index in [9.17, 15) is 4.79 Å². The van der Waals surface area contributed by atoms with E-state index in [2.05, 4.69) is 15.3 Å². The molecule has 0 aliphatic rings. The molecule has 0 radical (unpaired) electrons. The van der Waals surface area contributed by atoms with Gasteiger partial charge in [-0.25, -0.2) is 4.98 Å². The summed E-state index contributed by atoms with van der Waals surface area (Å²) in [6, 6.07) is 5.01. The number of aliphatic hydroxyl groups is 1. The Balaban J connectivity index is 2.26. The summed E-state index contributed by atoms with van der Waals surface area (Å²) in [4.78, 5) is 18.7. The maximum atomic E-state index is 11.8. The lowest BCUT2D eigenvalue weighted by molar-refractivity contribution is 0.188. The van der Waals surface area contributed by atoms with Gasteiger partial charge in [0.05, 0.1) is 17.0 Å². The molecular formula is C12H16N4O2. The van der Waals surface area contributed by atoms with E-state index in [1.165, 1.54) is 0 Å². The Morgan fingerprint density at radius 1 is 1.56 bits per heavy atom. The molecule has 0 saturated carbocycles. The van der Waals surface area contributed by atoms with Gasteiger partial charge in [0.15, 0.2) is 0 Å².